The number of pyridine rings is 1. The maximum Gasteiger partial charge on any atom is 0.304 e. The molecule has 0 amide bonds. The highest BCUT2D eigenvalue weighted by Gasteiger charge is 2.22. The van der Waals surface area contributed by atoms with Gasteiger partial charge in [-0.2, -0.15) is 0 Å². The number of aliphatic carboxylic acids is 1. The minimum atomic E-state index is -0.990. The molecule has 0 aliphatic carbocycles. The molecule has 2 aromatic carbocycles. The van der Waals surface area contributed by atoms with Crippen LogP contribution in [0.2, 0.25) is 0 Å². The third-order valence-electron chi connectivity index (χ3n) is 5.33. The fraction of sp³-hybridized carbons (Fsp3) is 0.154. The third kappa shape index (κ3) is 5.47. The Balaban J connectivity index is 1.60. The molecule has 8 nitrogen and oxygen atoms in total. The molecule has 0 radical (unpaired) electrons. The number of nitrogens with zero attached hydrogens (tertiary/aromatic N) is 2. The maximum absolute atomic E-state index is 12.9. The van der Waals surface area contributed by atoms with Crippen molar-refractivity contribution >= 4 is 28.8 Å². The van der Waals surface area contributed by atoms with Crippen LogP contribution in [0.15, 0.2) is 77.7 Å². The van der Waals surface area contributed by atoms with Crippen LogP contribution in [0.1, 0.15) is 29.3 Å². The molecule has 0 saturated heterocycles. The van der Waals surface area contributed by atoms with Crippen molar-refractivity contribution in [1.29, 1.82) is 0 Å². The minimum Gasteiger partial charge on any atom is -0.497 e. The first-order valence-electron chi connectivity index (χ1n) is 10.7. The summed E-state index contributed by atoms with van der Waals surface area (Å²) in [6.07, 6.45) is 5.35. The largest absolute Gasteiger partial charge is 0.497 e. The van der Waals surface area contributed by atoms with E-state index in [0.717, 1.165) is 11.4 Å². The first-order chi connectivity index (χ1) is 16.5. The Hall–Kier alpha value is -4.46. The van der Waals surface area contributed by atoms with Crippen LogP contribution in [-0.4, -0.2) is 39.7 Å². The number of hydrogen-bond donors (Lipinski definition) is 3. The number of anilines is 1. The van der Waals surface area contributed by atoms with Crippen molar-refractivity contribution in [2.45, 2.75) is 12.3 Å². The van der Waals surface area contributed by atoms with Crippen molar-refractivity contribution in [1.82, 2.24) is 15.0 Å². The van der Waals surface area contributed by atoms with E-state index in [0.29, 0.717) is 34.6 Å². The lowest BCUT2D eigenvalue weighted by molar-refractivity contribution is -0.137. The first-order valence-corrected chi connectivity index (χ1v) is 10.7. The predicted octanol–water partition coefficient (Wildman–Crippen LogP) is 4.06. The molecule has 34 heavy (non-hydrogen) atoms. The molecule has 172 valence electrons. The van der Waals surface area contributed by atoms with E-state index < -0.39 is 11.9 Å². The number of aromatic nitrogens is 3. The zero-order valence-electron chi connectivity index (χ0n) is 18.6. The Kier molecular flexibility index (Phi) is 6.98. The number of carboxylic acid groups (broad SMARTS) is 1. The van der Waals surface area contributed by atoms with Crippen LogP contribution < -0.4 is 15.6 Å². The van der Waals surface area contributed by atoms with Crippen molar-refractivity contribution in [2.24, 2.45) is 0 Å². The van der Waals surface area contributed by atoms with Gasteiger partial charge in [0.05, 0.1) is 30.4 Å². The number of carbonyl (C=O) groups is 1. The average Bonchev–Trinajstić information content (AvgIpc) is 2.86. The molecule has 0 aliphatic rings. The lowest BCUT2D eigenvalue weighted by Crippen LogP contribution is -2.18. The third-order valence-corrected chi connectivity index (χ3v) is 5.33. The van der Waals surface area contributed by atoms with Gasteiger partial charge < -0.3 is 20.1 Å². The monoisotopic (exact) mass is 456 g/mol. The molecule has 0 aliphatic heterocycles. The van der Waals surface area contributed by atoms with Crippen LogP contribution in [-0.2, 0) is 4.79 Å². The molecule has 2 heterocycles. The summed E-state index contributed by atoms with van der Waals surface area (Å²) < 4.78 is 5.26. The van der Waals surface area contributed by atoms with Crippen LogP contribution in [0.3, 0.4) is 0 Å². The second kappa shape index (κ2) is 10.4. The summed E-state index contributed by atoms with van der Waals surface area (Å²) in [5.41, 5.74) is 1.73. The molecule has 3 N–H and O–H groups in total. The number of carboxylic acids is 1. The molecule has 0 bridgehead atoms. The Bertz CT molecular complexity index is 1380. The molecule has 8 heteroatoms. The van der Waals surface area contributed by atoms with Crippen molar-refractivity contribution in [3.8, 4) is 5.75 Å². The highest BCUT2D eigenvalue weighted by molar-refractivity contribution is 5.80. The number of ether oxygens (including phenoxy) is 1. The number of benzene rings is 2. The lowest BCUT2D eigenvalue weighted by atomic mass is 9.94. The molecule has 1 atom stereocenters. The fourth-order valence-corrected chi connectivity index (χ4v) is 3.67. The zero-order chi connectivity index (χ0) is 23.9. The predicted molar refractivity (Wildman–Crippen MR) is 131 cm³/mol. The van der Waals surface area contributed by atoms with Gasteiger partial charge in [0.15, 0.2) is 0 Å². The second-order valence-corrected chi connectivity index (χ2v) is 7.65. The van der Waals surface area contributed by atoms with Gasteiger partial charge in [-0.1, -0.05) is 36.4 Å². The van der Waals surface area contributed by atoms with E-state index in [1.165, 1.54) is 0 Å². The van der Waals surface area contributed by atoms with Gasteiger partial charge in [-0.25, -0.2) is 9.97 Å². The molecule has 0 spiro atoms. The SMILES string of the molecule is COc1cccc(C(CC(=O)O)c2nc3ccc(/C=C/CNc4ccccn4)cc3c(=O)[nH]2)c1. The highest BCUT2D eigenvalue weighted by Crippen LogP contribution is 2.28. The van der Waals surface area contributed by atoms with Gasteiger partial charge in [-0.05, 0) is 47.5 Å². The zero-order valence-corrected chi connectivity index (χ0v) is 18.6. The highest BCUT2D eigenvalue weighted by atomic mass is 16.5. The van der Waals surface area contributed by atoms with E-state index in [1.807, 2.05) is 36.4 Å². The van der Waals surface area contributed by atoms with Crippen LogP contribution in [0.5, 0.6) is 5.75 Å². The van der Waals surface area contributed by atoms with Gasteiger partial charge in [-0.15, -0.1) is 0 Å². The van der Waals surface area contributed by atoms with Crippen LogP contribution in [0.25, 0.3) is 17.0 Å². The summed E-state index contributed by atoms with van der Waals surface area (Å²) in [6, 6.07) is 18.2. The summed E-state index contributed by atoms with van der Waals surface area (Å²) in [7, 11) is 1.54. The lowest BCUT2D eigenvalue weighted by Gasteiger charge is -2.16. The quantitative estimate of drug-likeness (QED) is 0.348. The number of nitrogens with one attached hydrogen (secondary N) is 2. The number of rotatable bonds is 9. The Labute approximate surface area is 196 Å². The molecule has 0 saturated carbocycles. The van der Waals surface area contributed by atoms with Gasteiger partial charge >= 0.3 is 5.97 Å². The molecule has 4 rings (SSSR count). The molecular formula is C26H24N4O4. The normalized spacial score (nSPS) is 12.0. The molecular weight excluding hydrogens is 432 g/mol. The van der Waals surface area contributed by atoms with E-state index in [1.54, 1.807) is 49.7 Å². The van der Waals surface area contributed by atoms with Gasteiger partial charge in [-0.3, -0.25) is 9.59 Å². The number of H-pyrrole nitrogens is 1. The van der Waals surface area contributed by atoms with Crippen LogP contribution in [0.4, 0.5) is 5.82 Å². The molecule has 4 aromatic rings. The van der Waals surface area contributed by atoms with Crippen molar-refractivity contribution in [2.75, 3.05) is 19.0 Å². The van der Waals surface area contributed by atoms with E-state index >= 15 is 0 Å². The maximum atomic E-state index is 12.9. The summed E-state index contributed by atoms with van der Waals surface area (Å²) in [5, 5.41) is 13.1. The smallest absolute Gasteiger partial charge is 0.304 e. The molecule has 0 fully saturated rings. The standard InChI is InChI=1S/C26H24N4O4/c1-34-19-8-4-7-18(15-19)20(16-24(31)32)25-29-22-11-10-17(14-21(22)26(33)30-25)6-5-13-28-23-9-2-3-12-27-23/h2-12,14-15,20H,13,16H2,1H3,(H,27,28)(H,31,32)(H,29,30,33)/b6-5+. The van der Waals surface area contributed by atoms with Crippen molar-refractivity contribution in [3.05, 3.63) is 100 Å². The molecule has 1 unspecified atom stereocenters. The van der Waals surface area contributed by atoms with E-state index in [-0.39, 0.29) is 12.0 Å². The van der Waals surface area contributed by atoms with Crippen molar-refractivity contribution in [3.63, 3.8) is 0 Å². The average molecular weight is 457 g/mol. The van der Waals surface area contributed by atoms with E-state index in [2.05, 4.69) is 20.3 Å². The second-order valence-electron chi connectivity index (χ2n) is 7.65. The number of hydrogen-bond acceptors (Lipinski definition) is 6. The van der Waals surface area contributed by atoms with Gasteiger partial charge in [0.25, 0.3) is 5.56 Å². The number of fused-ring (bicyclic) bond motifs is 1. The topological polar surface area (TPSA) is 117 Å². The Morgan fingerprint density at radius 2 is 2.06 bits per heavy atom. The Morgan fingerprint density at radius 3 is 2.82 bits per heavy atom. The van der Waals surface area contributed by atoms with Crippen LogP contribution in [0, 0.1) is 0 Å². The number of methoxy groups -OCH3 is 1. The summed E-state index contributed by atoms with van der Waals surface area (Å²) in [5.74, 6) is 0.0732. The van der Waals surface area contributed by atoms with Gasteiger partial charge in [0, 0.05) is 12.7 Å². The first kappa shape index (κ1) is 22.7. The van der Waals surface area contributed by atoms with Crippen molar-refractivity contribution < 1.29 is 14.6 Å². The number of aromatic amines is 1. The van der Waals surface area contributed by atoms with Crippen LogP contribution >= 0.6 is 0 Å². The summed E-state index contributed by atoms with van der Waals surface area (Å²) >= 11 is 0. The summed E-state index contributed by atoms with van der Waals surface area (Å²) in [6.45, 7) is 0.583. The van der Waals surface area contributed by atoms with E-state index in [4.69, 9.17) is 4.74 Å². The van der Waals surface area contributed by atoms with Gasteiger partial charge in [0.1, 0.15) is 17.4 Å². The Morgan fingerprint density at radius 1 is 1.18 bits per heavy atom. The summed E-state index contributed by atoms with van der Waals surface area (Å²) in [4.78, 5) is 36.0. The minimum absolute atomic E-state index is 0.217. The fourth-order valence-electron chi connectivity index (χ4n) is 3.67. The van der Waals surface area contributed by atoms with Gasteiger partial charge in [0.2, 0.25) is 0 Å². The molecule has 2 aromatic heterocycles. The van der Waals surface area contributed by atoms with E-state index in [9.17, 15) is 14.7 Å².